The van der Waals surface area contributed by atoms with Crippen molar-refractivity contribution >= 4 is 5.78 Å². The van der Waals surface area contributed by atoms with E-state index in [4.69, 9.17) is 0 Å². The van der Waals surface area contributed by atoms with Crippen molar-refractivity contribution < 1.29 is 4.79 Å². The highest BCUT2D eigenvalue weighted by atomic mass is 16.3. The zero-order valence-corrected chi connectivity index (χ0v) is 12.2. The molecule has 1 heterocycles. The largest absolute Gasteiger partial charge is 0.297 e. The lowest BCUT2D eigenvalue weighted by molar-refractivity contribution is -0.128. The van der Waals surface area contributed by atoms with Gasteiger partial charge in [-0.15, -0.1) is 0 Å². The number of rotatable bonds is 5. The maximum atomic E-state index is 12.6. The lowest BCUT2D eigenvalue weighted by Crippen LogP contribution is -2.42. The summed E-state index contributed by atoms with van der Waals surface area (Å²) in [4.78, 5) is 25.4. The maximum absolute atomic E-state index is 12.6. The molecule has 4 heteroatoms. The number of hydrogen-bond donors (Lipinski definition) is 0. The Bertz CT molecular complexity index is 451. The molecule has 1 aliphatic rings. The van der Waals surface area contributed by atoms with Crippen LogP contribution in [0.5, 0.6) is 0 Å². The van der Waals surface area contributed by atoms with Gasteiger partial charge in [-0.1, -0.05) is 49.4 Å². The van der Waals surface area contributed by atoms with E-state index in [-0.39, 0.29) is 23.8 Å². The topological polar surface area (TPSA) is 49.7 Å². The molecular weight excluding hydrogens is 252 g/mol. The van der Waals surface area contributed by atoms with Crippen molar-refractivity contribution in [1.82, 2.24) is 4.90 Å². The number of carbonyl (C=O) groups excluding carboxylic acids is 1. The Morgan fingerprint density at radius 2 is 1.80 bits per heavy atom. The van der Waals surface area contributed by atoms with Gasteiger partial charge in [-0.2, -0.15) is 4.91 Å². The lowest BCUT2D eigenvalue weighted by atomic mass is 9.92. The van der Waals surface area contributed by atoms with Gasteiger partial charge in [0, 0.05) is 19.0 Å². The van der Waals surface area contributed by atoms with Crippen LogP contribution in [-0.2, 0) is 4.79 Å². The fourth-order valence-electron chi connectivity index (χ4n) is 2.76. The number of nitroso groups, excluding NO2 is 1. The van der Waals surface area contributed by atoms with Crippen LogP contribution in [0.4, 0.5) is 0 Å². The summed E-state index contributed by atoms with van der Waals surface area (Å²) in [5, 5.41) is 3.13. The first-order chi connectivity index (χ1) is 9.63. The summed E-state index contributed by atoms with van der Waals surface area (Å²) in [6, 6.07) is 9.64. The third-order valence-electron chi connectivity index (χ3n) is 3.97. The monoisotopic (exact) mass is 274 g/mol. The van der Waals surface area contributed by atoms with Crippen molar-refractivity contribution in [2.24, 2.45) is 11.1 Å². The van der Waals surface area contributed by atoms with E-state index in [0.29, 0.717) is 0 Å². The highest BCUT2D eigenvalue weighted by Crippen LogP contribution is 2.28. The Balaban J connectivity index is 2.20. The van der Waals surface area contributed by atoms with Crippen LogP contribution in [0.1, 0.15) is 38.3 Å². The summed E-state index contributed by atoms with van der Waals surface area (Å²) in [6.45, 7) is 5.40. The number of hydrogen-bond acceptors (Lipinski definition) is 4. The Kier molecular flexibility index (Phi) is 5.01. The van der Waals surface area contributed by atoms with Crippen LogP contribution in [-0.4, -0.2) is 29.8 Å². The molecule has 2 rings (SSSR count). The van der Waals surface area contributed by atoms with Crippen molar-refractivity contribution in [3.8, 4) is 0 Å². The van der Waals surface area contributed by atoms with Crippen LogP contribution in [0.3, 0.4) is 0 Å². The van der Waals surface area contributed by atoms with Gasteiger partial charge in [-0.05, 0) is 18.4 Å². The van der Waals surface area contributed by atoms with E-state index >= 15 is 0 Å². The zero-order chi connectivity index (χ0) is 14.5. The molecule has 1 fully saturated rings. The molecule has 0 N–H and O–H groups in total. The lowest BCUT2D eigenvalue weighted by Gasteiger charge is -2.36. The van der Waals surface area contributed by atoms with Gasteiger partial charge in [0.1, 0.15) is 0 Å². The molecule has 0 aliphatic carbocycles. The second-order valence-electron chi connectivity index (χ2n) is 5.74. The highest BCUT2D eigenvalue weighted by molar-refractivity contribution is 5.86. The molecule has 1 saturated heterocycles. The molecule has 20 heavy (non-hydrogen) atoms. The Labute approximate surface area is 120 Å². The van der Waals surface area contributed by atoms with E-state index in [0.717, 1.165) is 31.5 Å². The molecule has 108 valence electrons. The van der Waals surface area contributed by atoms with Crippen LogP contribution in [0.25, 0.3) is 0 Å². The standard InChI is InChI=1S/C16H22N2O2/c1-12(2)16(19)15(13-6-4-3-5-7-13)18-10-8-14(17-20)9-11-18/h3-7,12,14-15H,8-11H2,1-2H3. The maximum Gasteiger partial charge on any atom is 0.157 e. The van der Waals surface area contributed by atoms with Gasteiger partial charge in [0.2, 0.25) is 0 Å². The molecule has 0 saturated carbocycles. The summed E-state index contributed by atoms with van der Waals surface area (Å²) in [7, 11) is 0. The summed E-state index contributed by atoms with van der Waals surface area (Å²) in [6.07, 6.45) is 1.50. The first-order valence-corrected chi connectivity index (χ1v) is 7.28. The van der Waals surface area contributed by atoms with Gasteiger partial charge in [0.25, 0.3) is 0 Å². The first kappa shape index (κ1) is 14.9. The molecule has 0 aromatic heterocycles. The third kappa shape index (κ3) is 3.31. The number of nitrogens with zero attached hydrogens (tertiary/aromatic N) is 2. The molecule has 0 bridgehead atoms. The molecule has 1 atom stereocenters. The number of Topliss-reactive ketones (excluding diaryl/α,β-unsaturated/α-hetero) is 1. The average molecular weight is 274 g/mol. The molecule has 1 unspecified atom stereocenters. The van der Waals surface area contributed by atoms with Crippen molar-refractivity contribution in [2.75, 3.05) is 13.1 Å². The van der Waals surface area contributed by atoms with Crippen LogP contribution in [0, 0.1) is 10.8 Å². The predicted octanol–water partition coefficient (Wildman–Crippen LogP) is 3.18. The SMILES string of the molecule is CC(C)C(=O)C(c1ccccc1)N1CCC(N=O)CC1. The minimum absolute atomic E-state index is 0.00197. The quantitative estimate of drug-likeness (QED) is 0.775. The highest BCUT2D eigenvalue weighted by Gasteiger charge is 2.32. The fourth-order valence-corrected chi connectivity index (χ4v) is 2.76. The number of ketones is 1. The molecule has 1 aromatic rings. The summed E-state index contributed by atoms with van der Waals surface area (Å²) < 4.78 is 0. The van der Waals surface area contributed by atoms with Gasteiger partial charge in [-0.3, -0.25) is 9.69 Å². The van der Waals surface area contributed by atoms with Gasteiger partial charge >= 0.3 is 0 Å². The minimum atomic E-state index is -0.191. The van der Waals surface area contributed by atoms with Crippen LogP contribution < -0.4 is 0 Å². The van der Waals surface area contributed by atoms with Crippen LogP contribution in [0.15, 0.2) is 35.5 Å². The normalized spacial score (nSPS) is 18.9. The molecule has 0 amide bonds. The van der Waals surface area contributed by atoms with Crippen LogP contribution in [0.2, 0.25) is 0 Å². The number of piperidine rings is 1. The molecule has 0 spiro atoms. The second-order valence-corrected chi connectivity index (χ2v) is 5.74. The number of likely N-dealkylation sites (tertiary alicyclic amines) is 1. The minimum Gasteiger partial charge on any atom is -0.297 e. The van der Waals surface area contributed by atoms with Gasteiger partial charge < -0.3 is 0 Å². The summed E-state index contributed by atoms with van der Waals surface area (Å²) in [5.74, 6) is 0.246. The smallest absolute Gasteiger partial charge is 0.157 e. The third-order valence-corrected chi connectivity index (χ3v) is 3.97. The van der Waals surface area contributed by atoms with Crippen molar-refractivity contribution in [3.05, 3.63) is 40.8 Å². The summed E-state index contributed by atoms with van der Waals surface area (Å²) in [5.41, 5.74) is 1.05. The average Bonchev–Trinajstić information content (AvgIpc) is 2.49. The Morgan fingerprint density at radius 3 is 2.30 bits per heavy atom. The molecule has 4 nitrogen and oxygen atoms in total. The van der Waals surface area contributed by atoms with Crippen LogP contribution >= 0.6 is 0 Å². The van der Waals surface area contributed by atoms with E-state index in [2.05, 4.69) is 10.1 Å². The van der Waals surface area contributed by atoms with Crippen molar-refractivity contribution in [3.63, 3.8) is 0 Å². The molecule has 0 radical (unpaired) electrons. The van der Waals surface area contributed by atoms with E-state index in [9.17, 15) is 9.70 Å². The molecular formula is C16H22N2O2. The molecule has 1 aliphatic heterocycles. The van der Waals surface area contributed by atoms with E-state index in [1.54, 1.807) is 0 Å². The van der Waals surface area contributed by atoms with E-state index in [1.807, 2.05) is 44.2 Å². The van der Waals surface area contributed by atoms with Gasteiger partial charge in [-0.25, -0.2) is 0 Å². The van der Waals surface area contributed by atoms with Gasteiger partial charge in [0.15, 0.2) is 5.78 Å². The predicted molar refractivity (Wildman–Crippen MR) is 79.4 cm³/mol. The van der Waals surface area contributed by atoms with Gasteiger partial charge in [0.05, 0.1) is 12.1 Å². The first-order valence-electron chi connectivity index (χ1n) is 7.28. The van der Waals surface area contributed by atoms with Crippen molar-refractivity contribution in [1.29, 1.82) is 0 Å². The Morgan fingerprint density at radius 1 is 1.20 bits per heavy atom. The Hall–Kier alpha value is -1.55. The zero-order valence-electron chi connectivity index (χ0n) is 12.2. The number of benzene rings is 1. The summed E-state index contributed by atoms with van der Waals surface area (Å²) >= 11 is 0. The molecule has 1 aromatic carbocycles. The number of carbonyl (C=O) groups is 1. The second kappa shape index (κ2) is 6.75. The van der Waals surface area contributed by atoms with E-state index in [1.165, 1.54) is 0 Å². The van der Waals surface area contributed by atoms with Crippen molar-refractivity contribution in [2.45, 2.75) is 38.8 Å². The van der Waals surface area contributed by atoms with E-state index < -0.39 is 0 Å². The fraction of sp³-hybridized carbons (Fsp3) is 0.562.